The molecule has 2 aromatic carbocycles. The van der Waals surface area contributed by atoms with Gasteiger partial charge in [-0.15, -0.1) is 0 Å². The fraction of sp³-hybridized carbons (Fsp3) is 0. The van der Waals surface area contributed by atoms with Crippen LogP contribution in [0.1, 0.15) is 0 Å². The monoisotopic (exact) mass is 270 g/mol. The van der Waals surface area contributed by atoms with Gasteiger partial charge in [-0.1, -0.05) is 30.3 Å². The molecule has 0 amide bonds. The van der Waals surface area contributed by atoms with E-state index in [-0.39, 0.29) is 0 Å². The third-order valence-corrected chi connectivity index (χ3v) is 3.98. The molecule has 0 bridgehead atoms. The summed E-state index contributed by atoms with van der Waals surface area (Å²) in [5, 5.41) is 4.59. The fourth-order valence-electron chi connectivity index (χ4n) is 3.08. The van der Waals surface area contributed by atoms with Gasteiger partial charge in [0.25, 0.3) is 0 Å². The Morgan fingerprint density at radius 1 is 0.762 bits per heavy atom. The minimum Gasteiger partial charge on any atom is -0.359 e. The number of nitrogens with one attached hydrogen (secondary N) is 1. The van der Waals surface area contributed by atoms with Crippen LogP contribution >= 0.6 is 0 Å². The smallest absolute Gasteiger partial charge is 0.119 e. The maximum atomic E-state index is 4.64. The average molecular weight is 270 g/mol. The van der Waals surface area contributed by atoms with Crippen molar-refractivity contribution in [3.8, 4) is 0 Å². The van der Waals surface area contributed by atoms with Gasteiger partial charge >= 0.3 is 0 Å². The van der Waals surface area contributed by atoms with E-state index >= 15 is 0 Å². The summed E-state index contributed by atoms with van der Waals surface area (Å²) < 4.78 is 0. The van der Waals surface area contributed by atoms with Gasteiger partial charge in [-0.2, -0.15) is 0 Å². The first-order valence-corrected chi connectivity index (χ1v) is 6.81. The minimum absolute atomic E-state index is 0.853. The van der Waals surface area contributed by atoms with Gasteiger partial charge in [0.15, 0.2) is 0 Å². The zero-order valence-electron chi connectivity index (χ0n) is 11.0. The van der Waals surface area contributed by atoms with Gasteiger partial charge < -0.3 is 4.98 Å². The van der Waals surface area contributed by atoms with Crippen molar-refractivity contribution in [3.63, 3.8) is 0 Å². The van der Waals surface area contributed by atoms with Crippen molar-refractivity contribution in [2.45, 2.75) is 0 Å². The summed E-state index contributed by atoms with van der Waals surface area (Å²) in [6.45, 7) is 0. The number of hydrogen-bond acceptors (Lipinski definition) is 3. The number of aromatic amines is 1. The zero-order valence-corrected chi connectivity index (χ0v) is 11.0. The summed E-state index contributed by atoms with van der Waals surface area (Å²) in [7, 11) is 0. The molecule has 0 radical (unpaired) electrons. The van der Waals surface area contributed by atoms with Crippen molar-refractivity contribution in [2.75, 3.05) is 0 Å². The van der Waals surface area contributed by atoms with Gasteiger partial charge in [-0.25, -0.2) is 9.97 Å². The van der Waals surface area contributed by atoms with Gasteiger partial charge in [-0.05, 0) is 11.5 Å². The number of pyridine rings is 2. The lowest BCUT2D eigenvalue weighted by atomic mass is 10.0. The molecule has 1 N–H and O–H groups in total. The SMILES string of the molecule is c1ccc2c(c1)cnc1c3ncnc3c3[nH]cccc3c21. The lowest BCUT2D eigenvalue weighted by Gasteiger charge is -2.08. The van der Waals surface area contributed by atoms with Crippen molar-refractivity contribution in [3.05, 3.63) is 55.1 Å². The highest BCUT2D eigenvalue weighted by molar-refractivity contribution is 6.27. The topological polar surface area (TPSA) is 54.5 Å². The van der Waals surface area contributed by atoms with Gasteiger partial charge in [0, 0.05) is 28.6 Å². The molecule has 0 fully saturated rings. The maximum Gasteiger partial charge on any atom is 0.119 e. The van der Waals surface area contributed by atoms with Crippen LogP contribution in [0.3, 0.4) is 0 Å². The summed E-state index contributed by atoms with van der Waals surface area (Å²) in [4.78, 5) is 16.8. The van der Waals surface area contributed by atoms with E-state index in [9.17, 15) is 0 Å². The molecule has 98 valence electrons. The van der Waals surface area contributed by atoms with Crippen LogP contribution in [0, 0.1) is 0 Å². The van der Waals surface area contributed by atoms with Crippen molar-refractivity contribution >= 4 is 43.6 Å². The van der Waals surface area contributed by atoms with Crippen LogP contribution in [-0.4, -0.2) is 19.9 Å². The van der Waals surface area contributed by atoms with E-state index < -0.39 is 0 Å². The molecular formula is C17H10N4. The summed E-state index contributed by atoms with van der Waals surface area (Å²) >= 11 is 0. The lowest BCUT2D eigenvalue weighted by Crippen LogP contribution is -1.88. The van der Waals surface area contributed by atoms with E-state index in [1.54, 1.807) is 6.33 Å². The Labute approximate surface area is 119 Å². The highest BCUT2D eigenvalue weighted by Crippen LogP contribution is 2.34. The molecule has 21 heavy (non-hydrogen) atoms. The molecule has 4 nitrogen and oxygen atoms in total. The van der Waals surface area contributed by atoms with Crippen molar-refractivity contribution in [1.29, 1.82) is 0 Å². The van der Waals surface area contributed by atoms with Crippen LogP contribution in [0.4, 0.5) is 0 Å². The molecule has 0 atom stereocenters. The molecule has 0 spiro atoms. The first-order valence-electron chi connectivity index (χ1n) is 6.81. The quantitative estimate of drug-likeness (QED) is 0.435. The number of nitrogens with zero attached hydrogens (tertiary/aromatic N) is 3. The summed E-state index contributed by atoms with van der Waals surface area (Å²) in [5.74, 6) is 0. The van der Waals surface area contributed by atoms with Crippen LogP contribution < -0.4 is 0 Å². The van der Waals surface area contributed by atoms with E-state index in [0.29, 0.717) is 0 Å². The first-order chi connectivity index (χ1) is 10.4. The predicted octanol–water partition coefficient (Wildman–Crippen LogP) is 3.81. The molecule has 4 heteroatoms. The van der Waals surface area contributed by atoms with Crippen molar-refractivity contribution in [2.24, 2.45) is 0 Å². The van der Waals surface area contributed by atoms with E-state index in [2.05, 4.69) is 44.2 Å². The highest BCUT2D eigenvalue weighted by atomic mass is 14.9. The van der Waals surface area contributed by atoms with E-state index in [0.717, 1.165) is 38.2 Å². The Morgan fingerprint density at radius 2 is 1.62 bits per heavy atom. The number of aromatic nitrogens is 4. The van der Waals surface area contributed by atoms with E-state index in [4.69, 9.17) is 0 Å². The highest BCUT2D eigenvalue weighted by Gasteiger charge is 2.14. The van der Waals surface area contributed by atoms with Crippen LogP contribution in [0.5, 0.6) is 0 Å². The van der Waals surface area contributed by atoms with Crippen LogP contribution in [0.15, 0.2) is 55.1 Å². The molecule has 3 aromatic heterocycles. The maximum absolute atomic E-state index is 4.64. The number of benzene rings is 2. The van der Waals surface area contributed by atoms with Gasteiger partial charge in [0.05, 0.1) is 11.0 Å². The Balaban J connectivity index is 2.25. The first kappa shape index (κ1) is 10.7. The summed E-state index contributed by atoms with van der Waals surface area (Å²) in [6, 6.07) is 12.4. The second kappa shape index (κ2) is 3.76. The molecule has 0 aliphatic rings. The number of imidazole rings is 1. The molecule has 0 saturated heterocycles. The number of hydrogen-bond donors (Lipinski definition) is 1. The number of rotatable bonds is 0. The molecule has 0 aliphatic heterocycles. The van der Waals surface area contributed by atoms with E-state index in [1.165, 1.54) is 5.39 Å². The molecule has 5 aromatic rings. The van der Waals surface area contributed by atoms with Gasteiger partial charge in [0.2, 0.25) is 0 Å². The molecule has 0 aliphatic carbocycles. The molecule has 3 heterocycles. The third-order valence-electron chi connectivity index (χ3n) is 3.98. The Bertz CT molecular complexity index is 1140. The fourth-order valence-corrected chi connectivity index (χ4v) is 3.08. The zero-order chi connectivity index (χ0) is 13.8. The molecule has 0 saturated carbocycles. The van der Waals surface area contributed by atoms with Gasteiger partial charge in [0.1, 0.15) is 17.4 Å². The largest absolute Gasteiger partial charge is 0.359 e. The predicted molar refractivity (Wildman–Crippen MR) is 84.2 cm³/mol. The number of H-pyrrole nitrogens is 1. The standard InChI is InChI=1S/C17H10N4/c1-2-5-11-10(4-1)8-19-15-13(11)12-6-3-7-18-14(12)16-17(15)21-9-20-16/h1-9,18H. The minimum atomic E-state index is 0.853. The molecular weight excluding hydrogens is 260 g/mol. The molecule has 0 unspecified atom stereocenters. The van der Waals surface area contributed by atoms with Gasteiger partial charge in [-0.3, -0.25) is 4.98 Å². The lowest BCUT2D eigenvalue weighted by molar-refractivity contribution is 1.34. The van der Waals surface area contributed by atoms with Crippen LogP contribution in [0.2, 0.25) is 0 Å². The van der Waals surface area contributed by atoms with Crippen LogP contribution in [-0.2, 0) is 0 Å². The van der Waals surface area contributed by atoms with Crippen LogP contribution in [0.25, 0.3) is 43.6 Å². The van der Waals surface area contributed by atoms with Crippen molar-refractivity contribution in [1.82, 2.24) is 19.9 Å². The second-order valence-electron chi connectivity index (χ2n) is 5.10. The average Bonchev–Trinajstić information content (AvgIpc) is 3.04. The summed E-state index contributed by atoms with van der Waals surface area (Å²) in [6.07, 6.45) is 5.42. The van der Waals surface area contributed by atoms with E-state index in [1.807, 2.05) is 24.5 Å². The Hall–Kier alpha value is -3.01. The Kier molecular flexibility index (Phi) is 1.92. The van der Waals surface area contributed by atoms with Crippen molar-refractivity contribution < 1.29 is 0 Å². The third kappa shape index (κ3) is 1.31. The Morgan fingerprint density at radius 3 is 2.62 bits per heavy atom. The second-order valence-corrected chi connectivity index (χ2v) is 5.10. The normalized spacial score (nSPS) is 11.8. The number of fused-ring (bicyclic) bond motifs is 8. The summed E-state index contributed by atoms with van der Waals surface area (Å²) in [5.41, 5.74) is 3.65. The molecule has 5 rings (SSSR count).